The third-order valence-corrected chi connectivity index (χ3v) is 8.29. The summed E-state index contributed by atoms with van der Waals surface area (Å²) in [4.78, 5) is 25.5. The number of carbonyl (C=O) groups is 2. The lowest BCUT2D eigenvalue weighted by molar-refractivity contribution is -0.153. The number of carbonyl (C=O) groups excluding carboxylic acids is 2. The van der Waals surface area contributed by atoms with Crippen LogP contribution in [0.2, 0.25) is 0 Å². The van der Waals surface area contributed by atoms with Crippen molar-refractivity contribution in [2.75, 3.05) is 25.0 Å². The predicted molar refractivity (Wildman–Crippen MR) is 121 cm³/mol. The SMILES string of the molecule is O=C(COC(=O)C1(c2ccc(F)cc2)CCCC1)Nc1cccc(S(=O)(=O)N2CCCC2)c1. The highest BCUT2D eigenvalue weighted by molar-refractivity contribution is 7.89. The Labute approximate surface area is 193 Å². The smallest absolute Gasteiger partial charge is 0.317 e. The second kappa shape index (κ2) is 9.61. The van der Waals surface area contributed by atoms with Crippen LogP contribution in [0.4, 0.5) is 10.1 Å². The molecule has 1 aliphatic carbocycles. The Morgan fingerprint density at radius 1 is 1.00 bits per heavy atom. The third-order valence-electron chi connectivity index (χ3n) is 6.40. The van der Waals surface area contributed by atoms with Crippen LogP contribution in [0.3, 0.4) is 0 Å². The van der Waals surface area contributed by atoms with Gasteiger partial charge in [-0.3, -0.25) is 9.59 Å². The topological polar surface area (TPSA) is 92.8 Å². The fourth-order valence-electron chi connectivity index (χ4n) is 4.64. The molecule has 1 N–H and O–H groups in total. The molecule has 0 bridgehead atoms. The number of amides is 1. The van der Waals surface area contributed by atoms with Gasteiger partial charge in [-0.05, 0) is 61.6 Å². The van der Waals surface area contributed by atoms with Crippen LogP contribution >= 0.6 is 0 Å². The molecule has 0 radical (unpaired) electrons. The normalized spacial score (nSPS) is 18.2. The van der Waals surface area contributed by atoms with E-state index in [0.717, 1.165) is 25.7 Å². The maximum atomic E-state index is 13.3. The molecule has 176 valence electrons. The van der Waals surface area contributed by atoms with Crippen molar-refractivity contribution in [2.24, 2.45) is 0 Å². The number of benzene rings is 2. The van der Waals surface area contributed by atoms with Gasteiger partial charge in [0.15, 0.2) is 6.61 Å². The van der Waals surface area contributed by atoms with Crippen LogP contribution in [0.15, 0.2) is 53.4 Å². The molecule has 2 fully saturated rings. The highest BCUT2D eigenvalue weighted by atomic mass is 32.2. The minimum absolute atomic E-state index is 0.111. The number of hydrogen-bond donors (Lipinski definition) is 1. The summed E-state index contributed by atoms with van der Waals surface area (Å²) in [6.07, 6.45) is 4.51. The minimum Gasteiger partial charge on any atom is -0.455 e. The van der Waals surface area contributed by atoms with Gasteiger partial charge in [0.05, 0.1) is 10.3 Å². The van der Waals surface area contributed by atoms with E-state index in [4.69, 9.17) is 4.74 Å². The first-order valence-electron chi connectivity index (χ1n) is 11.1. The van der Waals surface area contributed by atoms with E-state index >= 15 is 0 Å². The van der Waals surface area contributed by atoms with Crippen molar-refractivity contribution in [3.8, 4) is 0 Å². The van der Waals surface area contributed by atoms with Crippen LogP contribution in [0.5, 0.6) is 0 Å². The van der Waals surface area contributed by atoms with Crippen LogP contribution in [0.25, 0.3) is 0 Å². The molecule has 9 heteroatoms. The monoisotopic (exact) mass is 474 g/mol. The second-order valence-electron chi connectivity index (χ2n) is 8.56. The van der Waals surface area contributed by atoms with Gasteiger partial charge >= 0.3 is 5.97 Å². The van der Waals surface area contributed by atoms with Gasteiger partial charge in [-0.15, -0.1) is 0 Å². The average molecular weight is 475 g/mol. The molecule has 2 aromatic carbocycles. The summed E-state index contributed by atoms with van der Waals surface area (Å²) >= 11 is 0. The molecule has 0 spiro atoms. The fourth-order valence-corrected chi connectivity index (χ4v) is 6.20. The van der Waals surface area contributed by atoms with Gasteiger partial charge in [-0.2, -0.15) is 4.31 Å². The molecule has 2 aliphatic rings. The molecule has 4 rings (SSSR count). The van der Waals surface area contributed by atoms with Crippen LogP contribution in [0.1, 0.15) is 44.1 Å². The minimum atomic E-state index is -3.61. The number of sulfonamides is 1. The summed E-state index contributed by atoms with van der Waals surface area (Å²) in [5, 5.41) is 2.60. The lowest BCUT2D eigenvalue weighted by atomic mass is 9.79. The molecule has 1 saturated carbocycles. The number of ether oxygens (including phenoxy) is 1. The van der Waals surface area contributed by atoms with Gasteiger partial charge in [-0.1, -0.05) is 31.0 Å². The van der Waals surface area contributed by atoms with E-state index in [1.165, 1.54) is 28.6 Å². The van der Waals surface area contributed by atoms with Gasteiger partial charge in [0.1, 0.15) is 5.82 Å². The number of hydrogen-bond acceptors (Lipinski definition) is 5. The molecule has 1 aliphatic heterocycles. The van der Waals surface area contributed by atoms with Crippen molar-refractivity contribution in [3.05, 3.63) is 59.9 Å². The molecule has 2 aromatic rings. The lowest BCUT2D eigenvalue weighted by Gasteiger charge is -2.27. The lowest BCUT2D eigenvalue weighted by Crippen LogP contribution is -2.36. The van der Waals surface area contributed by atoms with Crippen LogP contribution in [-0.2, 0) is 29.8 Å². The number of nitrogens with one attached hydrogen (secondary N) is 1. The molecule has 0 aromatic heterocycles. The summed E-state index contributed by atoms with van der Waals surface area (Å²) in [7, 11) is -3.61. The highest BCUT2D eigenvalue weighted by Gasteiger charge is 2.44. The van der Waals surface area contributed by atoms with Gasteiger partial charge in [0, 0.05) is 18.8 Å². The summed E-state index contributed by atoms with van der Waals surface area (Å²) in [5.74, 6) is -1.45. The zero-order valence-electron chi connectivity index (χ0n) is 18.3. The van der Waals surface area contributed by atoms with E-state index in [9.17, 15) is 22.4 Å². The van der Waals surface area contributed by atoms with Crippen LogP contribution in [-0.4, -0.2) is 44.3 Å². The molecular weight excluding hydrogens is 447 g/mol. The van der Waals surface area contributed by atoms with Gasteiger partial charge in [0.25, 0.3) is 5.91 Å². The molecule has 1 saturated heterocycles. The molecule has 33 heavy (non-hydrogen) atoms. The Balaban J connectivity index is 1.40. The Morgan fingerprint density at radius 2 is 1.67 bits per heavy atom. The largest absolute Gasteiger partial charge is 0.455 e. The van der Waals surface area contributed by atoms with E-state index in [1.54, 1.807) is 24.3 Å². The standard InChI is InChI=1S/C24H27FN2O5S/c25-19-10-8-18(9-11-19)24(12-1-2-13-24)23(29)32-17-22(28)26-20-6-5-7-21(16-20)33(30,31)27-14-3-4-15-27/h5-11,16H,1-4,12-15,17H2,(H,26,28). The van der Waals surface area contributed by atoms with Crippen molar-refractivity contribution in [1.82, 2.24) is 4.31 Å². The average Bonchev–Trinajstić information content (AvgIpc) is 3.52. The maximum absolute atomic E-state index is 13.3. The van der Waals surface area contributed by atoms with E-state index in [0.29, 0.717) is 37.2 Å². The van der Waals surface area contributed by atoms with Crippen molar-refractivity contribution >= 4 is 27.6 Å². The number of rotatable bonds is 7. The van der Waals surface area contributed by atoms with Crippen molar-refractivity contribution in [2.45, 2.75) is 48.8 Å². The van der Waals surface area contributed by atoms with Gasteiger partial charge in [-0.25, -0.2) is 12.8 Å². The zero-order valence-corrected chi connectivity index (χ0v) is 19.1. The van der Waals surface area contributed by atoms with E-state index < -0.39 is 33.9 Å². The van der Waals surface area contributed by atoms with Gasteiger partial charge in [0.2, 0.25) is 10.0 Å². The molecule has 1 heterocycles. The summed E-state index contributed by atoms with van der Waals surface area (Å²) < 4.78 is 45.6. The first-order valence-corrected chi connectivity index (χ1v) is 12.6. The molecule has 0 unspecified atom stereocenters. The Hall–Kier alpha value is -2.78. The summed E-state index contributed by atoms with van der Waals surface area (Å²) in [6, 6.07) is 11.9. The summed E-state index contributed by atoms with van der Waals surface area (Å²) in [6.45, 7) is 0.486. The first-order chi connectivity index (χ1) is 15.8. The van der Waals surface area contributed by atoms with Crippen LogP contribution < -0.4 is 5.32 Å². The number of halogens is 1. The third kappa shape index (κ3) is 4.94. The van der Waals surface area contributed by atoms with E-state index in [-0.39, 0.29) is 10.7 Å². The Morgan fingerprint density at radius 3 is 2.33 bits per heavy atom. The molecular formula is C24H27FN2O5S. The fraction of sp³-hybridized carbons (Fsp3) is 0.417. The number of esters is 1. The Kier molecular flexibility index (Phi) is 6.81. The van der Waals surface area contributed by atoms with Crippen LogP contribution in [0, 0.1) is 5.82 Å². The zero-order chi connectivity index (χ0) is 23.5. The Bertz CT molecular complexity index is 1120. The predicted octanol–water partition coefficient (Wildman–Crippen LogP) is 3.60. The number of anilines is 1. The van der Waals surface area contributed by atoms with Crippen molar-refractivity contribution in [3.63, 3.8) is 0 Å². The van der Waals surface area contributed by atoms with Crippen molar-refractivity contribution in [1.29, 1.82) is 0 Å². The molecule has 1 amide bonds. The quantitative estimate of drug-likeness (QED) is 0.619. The van der Waals surface area contributed by atoms with Gasteiger partial charge < -0.3 is 10.1 Å². The number of nitrogens with zero attached hydrogens (tertiary/aromatic N) is 1. The first kappa shape index (κ1) is 23.4. The summed E-state index contributed by atoms with van der Waals surface area (Å²) in [5.41, 5.74) is 0.120. The highest BCUT2D eigenvalue weighted by Crippen LogP contribution is 2.42. The molecule has 0 atom stereocenters. The molecule has 7 nitrogen and oxygen atoms in total. The van der Waals surface area contributed by atoms with Crippen molar-refractivity contribution < 1.29 is 27.1 Å². The van der Waals surface area contributed by atoms with E-state index in [2.05, 4.69) is 5.32 Å². The van der Waals surface area contributed by atoms with E-state index in [1.807, 2.05) is 0 Å². The second-order valence-corrected chi connectivity index (χ2v) is 10.5. The maximum Gasteiger partial charge on any atom is 0.317 e.